The number of rotatable bonds is 4. The first-order valence-electron chi connectivity index (χ1n) is 6.87. The zero-order valence-electron chi connectivity index (χ0n) is 11.5. The molecular formula is C15H14Br2FN3. The Balaban J connectivity index is 2.13. The van der Waals surface area contributed by atoms with Crippen LogP contribution in [0.4, 0.5) is 10.2 Å². The van der Waals surface area contributed by atoms with Gasteiger partial charge in [-0.2, -0.15) is 0 Å². The SMILES string of the molecule is CCNc1nc(-c2ccc(F)cc2Br)nc(C2CC2)c1Br. The molecule has 0 radical (unpaired) electrons. The molecule has 2 aromatic rings. The highest BCUT2D eigenvalue weighted by molar-refractivity contribution is 9.11. The van der Waals surface area contributed by atoms with Gasteiger partial charge in [0.25, 0.3) is 0 Å². The van der Waals surface area contributed by atoms with E-state index in [0.29, 0.717) is 16.2 Å². The Morgan fingerprint density at radius 1 is 1.29 bits per heavy atom. The molecule has 1 fully saturated rings. The van der Waals surface area contributed by atoms with Crippen molar-refractivity contribution in [1.82, 2.24) is 9.97 Å². The van der Waals surface area contributed by atoms with Crippen LogP contribution in [-0.4, -0.2) is 16.5 Å². The Morgan fingerprint density at radius 3 is 2.67 bits per heavy atom. The van der Waals surface area contributed by atoms with Crippen LogP contribution in [0.1, 0.15) is 31.4 Å². The third-order valence-electron chi connectivity index (χ3n) is 3.36. The standard InChI is InChI=1S/C15H14Br2FN3/c1-2-19-15-12(17)13(8-3-4-8)20-14(21-15)10-6-5-9(18)7-11(10)16/h5-8H,2-4H2,1H3,(H,19,20,21). The molecule has 21 heavy (non-hydrogen) atoms. The molecule has 1 saturated carbocycles. The smallest absolute Gasteiger partial charge is 0.162 e. The van der Waals surface area contributed by atoms with Gasteiger partial charge in [-0.25, -0.2) is 14.4 Å². The van der Waals surface area contributed by atoms with Crippen LogP contribution in [0.25, 0.3) is 11.4 Å². The molecule has 1 aliphatic carbocycles. The third kappa shape index (κ3) is 3.11. The number of nitrogens with one attached hydrogen (secondary N) is 1. The summed E-state index contributed by atoms with van der Waals surface area (Å²) in [7, 11) is 0. The molecule has 0 spiro atoms. The van der Waals surface area contributed by atoms with E-state index < -0.39 is 0 Å². The van der Waals surface area contributed by atoms with Gasteiger partial charge in [-0.1, -0.05) is 0 Å². The van der Waals surface area contributed by atoms with Gasteiger partial charge in [-0.05, 0) is 69.8 Å². The average molecular weight is 415 g/mol. The topological polar surface area (TPSA) is 37.8 Å². The average Bonchev–Trinajstić information content (AvgIpc) is 3.26. The fraction of sp³-hybridized carbons (Fsp3) is 0.333. The van der Waals surface area contributed by atoms with Crippen molar-refractivity contribution in [2.24, 2.45) is 0 Å². The molecule has 6 heteroatoms. The van der Waals surface area contributed by atoms with Gasteiger partial charge < -0.3 is 5.32 Å². The summed E-state index contributed by atoms with van der Waals surface area (Å²) >= 11 is 6.99. The first kappa shape index (κ1) is 14.9. The molecule has 0 aliphatic heterocycles. The van der Waals surface area contributed by atoms with E-state index in [1.807, 2.05) is 6.92 Å². The lowest BCUT2D eigenvalue weighted by Crippen LogP contribution is -2.06. The van der Waals surface area contributed by atoms with E-state index in [0.717, 1.165) is 40.9 Å². The molecule has 0 amide bonds. The number of hydrogen-bond acceptors (Lipinski definition) is 3. The van der Waals surface area contributed by atoms with Gasteiger partial charge in [0.1, 0.15) is 11.6 Å². The summed E-state index contributed by atoms with van der Waals surface area (Å²) < 4.78 is 14.9. The first-order valence-corrected chi connectivity index (χ1v) is 8.45. The second kappa shape index (κ2) is 6.01. The fourth-order valence-corrected chi connectivity index (χ4v) is 3.34. The van der Waals surface area contributed by atoms with Gasteiger partial charge >= 0.3 is 0 Å². The van der Waals surface area contributed by atoms with Gasteiger partial charge in [-0.3, -0.25) is 0 Å². The molecular weight excluding hydrogens is 401 g/mol. The van der Waals surface area contributed by atoms with Crippen LogP contribution in [0, 0.1) is 5.82 Å². The minimum atomic E-state index is -0.281. The van der Waals surface area contributed by atoms with Gasteiger partial charge in [0.05, 0.1) is 10.2 Å². The van der Waals surface area contributed by atoms with E-state index in [-0.39, 0.29) is 5.82 Å². The Morgan fingerprint density at radius 2 is 2.05 bits per heavy atom. The molecule has 110 valence electrons. The molecule has 3 rings (SSSR count). The van der Waals surface area contributed by atoms with E-state index in [4.69, 9.17) is 0 Å². The van der Waals surface area contributed by atoms with Crippen LogP contribution in [0.2, 0.25) is 0 Å². The molecule has 0 bridgehead atoms. The first-order chi connectivity index (χ1) is 10.1. The molecule has 1 N–H and O–H groups in total. The monoisotopic (exact) mass is 413 g/mol. The number of aromatic nitrogens is 2. The summed E-state index contributed by atoms with van der Waals surface area (Å²) in [6.45, 7) is 2.81. The summed E-state index contributed by atoms with van der Waals surface area (Å²) in [5, 5.41) is 3.25. The lowest BCUT2D eigenvalue weighted by Gasteiger charge is -2.12. The molecule has 0 unspecified atom stereocenters. The Hall–Kier alpha value is -1.01. The van der Waals surface area contributed by atoms with Crippen molar-refractivity contribution in [2.75, 3.05) is 11.9 Å². The maximum absolute atomic E-state index is 13.3. The highest BCUT2D eigenvalue weighted by Gasteiger charge is 2.29. The molecule has 0 atom stereocenters. The van der Waals surface area contributed by atoms with E-state index in [1.54, 1.807) is 6.07 Å². The zero-order valence-corrected chi connectivity index (χ0v) is 14.6. The van der Waals surface area contributed by atoms with Crippen molar-refractivity contribution in [2.45, 2.75) is 25.7 Å². The summed E-state index contributed by atoms with van der Waals surface area (Å²) in [4.78, 5) is 9.26. The summed E-state index contributed by atoms with van der Waals surface area (Å²) in [6, 6.07) is 4.56. The van der Waals surface area contributed by atoms with Crippen molar-refractivity contribution in [1.29, 1.82) is 0 Å². The minimum absolute atomic E-state index is 0.281. The van der Waals surface area contributed by atoms with E-state index in [2.05, 4.69) is 47.1 Å². The van der Waals surface area contributed by atoms with Crippen LogP contribution in [0.3, 0.4) is 0 Å². The summed E-state index contributed by atoms with van der Waals surface area (Å²) in [5.41, 5.74) is 1.83. The third-order valence-corrected chi connectivity index (χ3v) is 4.80. The van der Waals surface area contributed by atoms with E-state index in [9.17, 15) is 4.39 Å². The fourth-order valence-electron chi connectivity index (χ4n) is 2.17. The molecule has 1 aromatic carbocycles. The molecule has 1 heterocycles. The number of nitrogens with zero attached hydrogens (tertiary/aromatic N) is 2. The van der Waals surface area contributed by atoms with Crippen molar-refractivity contribution in [3.8, 4) is 11.4 Å². The van der Waals surface area contributed by atoms with Gasteiger partial charge in [0.2, 0.25) is 0 Å². The second-order valence-corrected chi connectivity index (χ2v) is 6.67. The van der Waals surface area contributed by atoms with Crippen LogP contribution < -0.4 is 5.32 Å². The molecule has 0 saturated heterocycles. The van der Waals surface area contributed by atoms with Gasteiger partial charge in [0, 0.05) is 22.5 Å². The number of hydrogen-bond donors (Lipinski definition) is 1. The van der Waals surface area contributed by atoms with Crippen molar-refractivity contribution < 1.29 is 4.39 Å². The molecule has 3 nitrogen and oxygen atoms in total. The number of halogens is 3. The van der Waals surface area contributed by atoms with E-state index >= 15 is 0 Å². The summed E-state index contributed by atoms with van der Waals surface area (Å²) in [5.74, 6) is 1.62. The number of benzene rings is 1. The van der Waals surface area contributed by atoms with Crippen molar-refractivity contribution >= 4 is 37.7 Å². The highest BCUT2D eigenvalue weighted by Crippen LogP contribution is 2.44. The molecule has 1 aromatic heterocycles. The molecule has 1 aliphatic rings. The number of anilines is 1. The predicted molar refractivity (Wildman–Crippen MR) is 89.0 cm³/mol. The lowest BCUT2D eigenvalue weighted by molar-refractivity contribution is 0.627. The van der Waals surface area contributed by atoms with Gasteiger partial charge in [-0.15, -0.1) is 0 Å². The normalized spacial score (nSPS) is 14.3. The Bertz CT molecular complexity index is 687. The maximum atomic E-state index is 13.3. The maximum Gasteiger partial charge on any atom is 0.162 e. The minimum Gasteiger partial charge on any atom is -0.369 e. The second-order valence-electron chi connectivity index (χ2n) is 5.02. The quantitative estimate of drug-likeness (QED) is 0.754. The van der Waals surface area contributed by atoms with Crippen molar-refractivity contribution in [3.05, 3.63) is 38.7 Å². The summed E-state index contributed by atoms with van der Waals surface area (Å²) in [6.07, 6.45) is 2.32. The predicted octanol–water partition coefficient (Wildman–Crippen LogP) is 5.12. The highest BCUT2D eigenvalue weighted by atomic mass is 79.9. The largest absolute Gasteiger partial charge is 0.369 e. The van der Waals surface area contributed by atoms with E-state index in [1.165, 1.54) is 12.1 Å². The van der Waals surface area contributed by atoms with Crippen LogP contribution >= 0.6 is 31.9 Å². The zero-order chi connectivity index (χ0) is 15.0. The van der Waals surface area contributed by atoms with Crippen LogP contribution in [0.15, 0.2) is 27.1 Å². The van der Waals surface area contributed by atoms with Crippen molar-refractivity contribution in [3.63, 3.8) is 0 Å². The Kier molecular flexibility index (Phi) is 4.26. The Labute approximate surface area is 139 Å². The van der Waals surface area contributed by atoms with Gasteiger partial charge in [0.15, 0.2) is 5.82 Å². The lowest BCUT2D eigenvalue weighted by atomic mass is 10.2. The van der Waals surface area contributed by atoms with Crippen LogP contribution in [-0.2, 0) is 0 Å². The van der Waals surface area contributed by atoms with Crippen LogP contribution in [0.5, 0.6) is 0 Å².